The molecule has 5 heteroatoms. The Kier molecular flexibility index (Phi) is 7.54. The lowest BCUT2D eigenvalue weighted by molar-refractivity contribution is -0.125. The van der Waals surface area contributed by atoms with Crippen molar-refractivity contribution in [3.8, 4) is 0 Å². The summed E-state index contributed by atoms with van der Waals surface area (Å²) in [7, 11) is 5.44. The van der Waals surface area contributed by atoms with Gasteiger partial charge in [-0.1, -0.05) is 0 Å². The first-order valence-electron chi connectivity index (χ1n) is 5.61. The quantitative estimate of drug-likeness (QED) is 0.368. The van der Waals surface area contributed by atoms with Crippen LogP contribution in [-0.4, -0.2) is 50.4 Å². The van der Waals surface area contributed by atoms with E-state index in [0.29, 0.717) is 6.54 Å². The fraction of sp³-hybridized carbons (Fsp3) is 0.818. The van der Waals surface area contributed by atoms with Crippen molar-refractivity contribution < 1.29 is 9.59 Å². The molecule has 1 unspecified atom stereocenters. The molecule has 16 heavy (non-hydrogen) atoms. The molecule has 1 atom stereocenters. The van der Waals surface area contributed by atoms with Crippen LogP contribution in [0.5, 0.6) is 0 Å². The van der Waals surface area contributed by atoms with E-state index in [-0.39, 0.29) is 17.9 Å². The molecule has 0 rings (SSSR count). The first kappa shape index (κ1) is 14.9. The van der Waals surface area contributed by atoms with Crippen LogP contribution in [0.25, 0.3) is 0 Å². The summed E-state index contributed by atoms with van der Waals surface area (Å²) in [5.41, 5.74) is 0. The molecule has 0 aliphatic rings. The smallest absolute Gasteiger partial charge is 0.237 e. The number of likely N-dealkylation sites (N-methyl/N-ethyl adjacent to an activating group) is 2. The minimum atomic E-state index is -0.0812. The second kappa shape index (κ2) is 8.10. The lowest BCUT2D eigenvalue weighted by Crippen LogP contribution is -2.42. The number of unbranched alkanes of at least 4 members (excludes halogenated alkanes) is 1. The van der Waals surface area contributed by atoms with Crippen LogP contribution in [0.4, 0.5) is 0 Å². The van der Waals surface area contributed by atoms with Gasteiger partial charge in [-0.15, -0.1) is 0 Å². The fourth-order valence-electron chi connectivity index (χ4n) is 1.52. The third-order valence-electron chi connectivity index (χ3n) is 2.45. The third kappa shape index (κ3) is 6.40. The molecular weight excluding hydrogens is 209 g/mol. The van der Waals surface area contributed by atoms with Crippen LogP contribution in [0.1, 0.15) is 26.2 Å². The lowest BCUT2D eigenvalue weighted by atomic mass is 10.1. The Morgan fingerprint density at radius 2 is 1.88 bits per heavy atom. The van der Waals surface area contributed by atoms with Gasteiger partial charge in [-0.3, -0.25) is 14.5 Å². The van der Waals surface area contributed by atoms with E-state index in [0.717, 1.165) is 19.3 Å². The largest absolute Gasteiger partial charge is 0.358 e. The monoisotopic (exact) mass is 232 g/mol. The van der Waals surface area contributed by atoms with Crippen LogP contribution in [0.15, 0.2) is 0 Å². The highest BCUT2D eigenvalue weighted by Gasteiger charge is 2.18. The van der Waals surface area contributed by atoms with Crippen LogP contribution in [0.2, 0.25) is 0 Å². The van der Waals surface area contributed by atoms with Crippen LogP contribution in [-0.2, 0) is 9.59 Å². The topological polar surface area (TPSA) is 61.4 Å². The molecule has 2 amide bonds. The number of nitrogens with one attached hydrogen (secondary N) is 2. The normalized spacial score (nSPS) is 12.3. The Bertz CT molecular complexity index is 229. The van der Waals surface area contributed by atoms with Crippen LogP contribution < -0.4 is 10.6 Å². The number of rotatable bonds is 7. The Morgan fingerprint density at radius 1 is 1.25 bits per heavy atom. The van der Waals surface area contributed by atoms with Crippen LogP contribution >= 0.6 is 0 Å². The Labute approximate surface area is 97.6 Å². The summed E-state index contributed by atoms with van der Waals surface area (Å²) < 4.78 is 0. The second-order valence-corrected chi connectivity index (χ2v) is 4.07. The number of hydrogen-bond acceptors (Lipinski definition) is 3. The molecule has 0 aromatic rings. The molecule has 5 nitrogen and oxygen atoms in total. The van der Waals surface area contributed by atoms with Gasteiger partial charge in [-0.05, 0) is 33.4 Å². The molecule has 94 valence electrons. The predicted molar refractivity (Wildman–Crippen MR) is 64.1 cm³/mol. The maximum atomic E-state index is 11.5. The van der Waals surface area contributed by atoms with Crippen molar-refractivity contribution in [3.05, 3.63) is 0 Å². The van der Waals surface area contributed by atoms with Crippen molar-refractivity contribution in [1.82, 2.24) is 15.5 Å². The highest BCUT2D eigenvalue weighted by molar-refractivity contribution is 5.81. The zero-order valence-electron chi connectivity index (χ0n) is 10.7. The van der Waals surface area contributed by atoms with Crippen LogP contribution in [0.3, 0.4) is 0 Å². The maximum Gasteiger partial charge on any atom is 0.237 e. The van der Waals surface area contributed by atoms with Crippen molar-refractivity contribution in [2.75, 3.05) is 27.7 Å². The lowest BCUT2D eigenvalue weighted by Gasteiger charge is -2.22. The van der Waals surface area contributed by atoms with Gasteiger partial charge < -0.3 is 10.6 Å². The molecule has 0 aliphatic carbocycles. The van der Waals surface area contributed by atoms with E-state index in [1.165, 1.54) is 6.92 Å². The van der Waals surface area contributed by atoms with Gasteiger partial charge in [0.05, 0.1) is 6.04 Å². The first-order valence-corrected chi connectivity index (χ1v) is 5.61. The van der Waals surface area contributed by atoms with E-state index < -0.39 is 0 Å². The highest BCUT2D eigenvalue weighted by Crippen LogP contribution is 2.05. The van der Waals surface area contributed by atoms with Gasteiger partial charge in [0.25, 0.3) is 0 Å². The number of hydrogen-bond donors (Lipinski definition) is 2. The summed E-state index contributed by atoms with van der Waals surface area (Å²) in [6, 6.07) is -0.0812. The molecule has 0 aliphatic heterocycles. The molecule has 0 saturated carbocycles. The van der Waals surface area contributed by atoms with Gasteiger partial charge in [0.15, 0.2) is 0 Å². The molecule has 2 N–H and O–H groups in total. The van der Waals surface area contributed by atoms with E-state index in [9.17, 15) is 9.59 Å². The van der Waals surface area contributed by atoms with E-state index in [4.69, 9.17) is 0 Å². The molecule has 0 aromatic heterocycles. The van der Waals surface area contributed by atoms with E-state index in [1.54, 1.807) is 7.05 Å². The highest BCUT2D eigenvalue weighted by atomic mass is 16.2. The SMILES string of the molecule is CN(C)C(CCCCNC([13CH3])=O)C(=O)[15NH][13CH3]. The van der Waals surface area contributed by atoms with E-state index in [1.807, 2.05) is 19.0 Å². The summed E-state index contributed by atoms with van der Waals surface area (Å²) in [6.07, 6.45) is 2.64. The maximum absolute atomic E-state index is 11.5. The minimum absolute atomic E-state index is 0.00420. The summed E-state index contributed by atoms with van der Waals surface area (Å²) >= 11 is 0. The van der Waals surface area contributed by atoms with E-state index in [2.05, 4.69) is 10.6 Å². The predicted octanol–water partition coefficient (Wildman–Crippen LogP) is -0.0310. The molecule has 0 bridgehead atoms. The zero-order valence-corrected chi connectivity index (χ0v) is 10.7. The van der Waals surface area contributed by atoms with E-state index >= 15 is 0 Å². The van der Waals surface area contributed by atoms with Crippen molar-refractivity contribution in [2.24, 2.45) is 0 Å². The number of nitrogens with zero attached hydrogens (tertiary/aromatic N) is 1. The molecule has 0 spiro atoms. The van der Waals surface area contributed by atoms with Gasteiger partial charge in [0, 0.05) is 20.5 Å². The second-order valence-electron chi connectivity index (χ2n) is 4.07. The van der Waals surface area contributed by atoms with Crippen molar-refractivity contribution in [2.45, 2.75) is 32.2 Å². The molecular formula is C11H23N3O2. The van der Waals surface area contributed by atoms with Gasteiger partial charge in [0.1, 0.15) is 0 Å². The Morgan fingerprint density at radius 3 is 2.31 bits per heavy atom. The molecule has 0 radical (unpaired) electrons. The fourth-order valence-corrected chi connectivity index (χ4v) is 1.52. The Balaban J connectivity index is 3.77. The Hall–Kier alpha value is -1.10. The average molecular weight is 232 g/mol. The molecule has 0 fully saturated rings. The van der Waals surface area contributed by atoms with Gasteiger partial charge in [0.2, 0.25) is 11.8 Å². The van der Waals surface area contributed by atoms with Crippen molar-refractivity contribution in [1.29, 1.82) is 0 Å². The summed E-state index contributed by atoms with van der Waals surface area (Å²) in [6.45, 7) is 2.19. The zero-order chi connectivity index (χ0) is 12.6. The minimum Gasteiger partial charge on any atom is -0.358 e. The molecule has 0 heterocycles. The average Bonchev–Trinajstić information content (AvgIpc) is 2.21. The number of carbonyl (C=O) groups is 2. The summed E-state index contributed by atoms with van der Waals surface area (Å²) in [5, 5.41) is 5.39. The molecule has 0 aromatic carbocycles. The standard InChI is InChI=1S/C11H23N3O2/c1-9(15)13-8-6-5-7-10(14(3)4)11(16)12-2/h10H,5-8H2,1-4H3,(H,12,16)(H,13,15)/i1+1,2+1,12+1. The van der Waals surface area contributed by atoms with Crippen LogP contribution in [0, 0.1) is 0 Å². The van der Waals surface area contributed by atoms with Gasteiger partial charge in [-0.2, -0.15) is 0 Å². The third-order valence-corrected chi connectivity index (χ3v) is 2.45. The molecule has 0 saturated heterocycles. The van der Waals surface area contributed by atoms with Crippen molar-refractivity contribution >= 4 is 11.8 Å². The number of amides is 2. The van der Waals surface area contributed by atoms with Gasteiger partial charge in [-0.25, -0.2) is 0 Å². The number of carbonyl (C=O) groups excluding carboxylic acids is 2. The van der Waals surface area contributed by atoms with Gasteiger partial charge >= 0.3 is 0 Å². The summed E-state index contributed by atoms with van der Waals surface area (Å²) in [5.74, 6) is 0.0417. The first-order chi connectivity index (χ1) is 7.49. The van der Waals surface area contributed by atoms with Crippen molar-refractivity contribution in [3.63, 3.8) is 0 Å². The summed E-state index contributed by atoms with van der Waals surface area (Å²) in [4.78, 5) is 24.0.